The van der Waals surface area contributed by atoms with Gasteiger partial charge in [0.25, 0.3) is 0 Å². The zero-order chi connectivity index (χ0) is 16.2. The Morgan fingerprint density at radius 2 is 2.17 bits per heavy atom. The molecule has 1 aromatic carbocycles. The van der Waals surface area contributed by atoms with E-state index in [4.69, 9.17) is 9.15 Å². The summed E-state index contributed by atoms with van der Waals surface area (Å²) >= 11 is 0. The van der Waals surface area contributed by atoms with Crippen molar-refractivity contribution in [3.05, 3.63) is 71.2 Å². The van der Waals surface area contributed by atoms with Crippen LogP contribution in [0, 0.1) is 0 Å². The van der Waals surface area contributed by atoms with Crippen LogP contribution in [0.5, 0.6) is 0 Å². The Morgan fingerprint density at radius 1 is 1.25 bits per heavy atom. The molecule has 124 valence electrons. The molecule has 0 bridgehead atoms. The summed E-state index contributed by atoms with van der Waals surface area (Å²) in [5.41, 5.74) is 4.61. The molecule has 1 unspecified atom stereocenters. The number of aromatic nitrogens is 3. The van der Waals surface area contributed by atoms with E-state index >= 15 is 0 Å². The SMILES string of the molecule is c1ccc(CC(NCc2n[nH]c3c2COCC3)c2ncco2)cc1. The molecule has 6 heteroatoms. The summed E-state index contributed by atoms with van der Waals surface area (Å²) in [5.74, 6) is 0.694. The zero-order valence-electron chi connectivity index (χ0n) is 13.4. The molecule has 0 spiro atoms. The highest BCUT2D eigenvalue weighted by Gasteiger charge is 2.20. The van der Waals surface area contributed by atoms with Crippen molar-refractivity contribution in [1.82, 2.24) is 20.5 Å². The molecule has 6 nitrogen and oxygen atoms in total. The third-order valence-corrected chi connectivity index (χ3v) is 4.33. The van der Waals surface area contributed by atoms with Gasteiger partial charge in [0.2, 0.25) is 5.89 Å². The highest BCUT2D eigenvalue weighted by atomic mass is 16.5. The predicted molar refractivity (Wildman–Crippen MR) is 88.2 cm³/mol. The van der Waals surface area contributed by atoms with Crippen LogP contribution in [0.2, 0.25) is 0 Å². The van der Waals surface area contributed by atoms with Crippen molar-refractivity contribution in [1.29, 1.82) is 0 Å². The lowest BCUT2D eigenvalue weighted by Crippen LogP contribution is -2.24. The van der Waals surface area contributed by atoms with E-state index in [9.17, 15) is 0 Å². The van der Waals surface area contributed by atoms with Gasteiger partial charge < -0.3 is 9.15 Å². The number of rotatable bonds is 6. The van der Waals surface area contributed by atoms with Crippen LogP contribution in [-0.2, 0) is 30.7 Å². The van der Waals surface area contributed by atoms with Gasteiger partial charge in [0.05, 0.1) is 31.1 Å². The van der Waals surface area contributed by atoms with Crippen LogP contribution in [0.25, 0.3) is 0 Å². The van der Waals surface area contributed by atoms with Crippen molar-refractivity contribution >= 4 is 0 Å². The third kappa shape index (κ3) is 3.25. The second kappa shape index (κ2) is 6.98. The fourth-order valence-corrected chi connectivity index (χ4v) is 3.04. The molecule has 0 aliphatic carbocycles. The van der Waals surface area contributed by atoms with Gasteiger partial charge in [-0.1, -0.05) is 30.3 Å². The minimum absolute atomic E-state index is 0.000686. The summed E-state index contributed by atoms with van der Waals surface area (Å²) in [4.78, 5) is 4.32. The number of nitrogens with one attached hydrogen (secondary N) is 2. The van der Waals surface area contributed by atoms with Gasteiger partial charge in [-0.3, -0.25) is 10.4 Å². The maximum Gasteiger partial charge on any atom is 0.211 e. The number of nitrogens with zero attached hydrogens (tertiary/aromatic N) is 2. The molecule has 0 saturated heterocycles. The van der Waals surface area contributed by atoms with Gasteiger partial charge in [0, 0.05) is 24.2 Å². The normalized spacial score (nSPS) is 15.2. The average molecular weight is 324 g/mol. The first-order chi connectivity index (χ1) is 11.9. The molecule has 2 aromatic heterocycles. The van der Waals surface area contributed by atoms with E-state index in [-0.39, 0.29) is 6.04 Å². The molecular weight excluding hydrogens is 304 g/mol. The van der Waals surface area contributed by atoms with Crippen molar-refractivity contribution < 1.29 is 9.15 Å². The number of fused-ring (bicyclic) bond motifs is 1. The molecule has 1 atom stereocenters. The Hall–Kier alpha value is -2.44. The van der Waals surface area contributed by atoms with Gasteiger partial charge in [-0.2, -0.15) is 5.10 Å². The molecule has 24 heavy (non-hydrogen) atoms. The third-order valence-electron chi connectivity index (χ3n) is 4.33. The lowest BCUT2D eigenvalue weighted by Gasteiger charge is -2.17. The molecule has 1 aliphatic rings. The van der Waals surface area contributed by atoms with Crippen molar-refractivity contribution in [2.75, 3.05) is 6.61 Å². The second-order valence-electron chi connectivity index (χ2n) is 5.92. The molecule has 0 radical (unpaired) electrons. The van der Waals surface area contributed by atoms with Gasteiger partial charge in [0.1, 0.15) is 6.26 Å². The van der Waals surface area contributed by atoms with Crippen LogP contribution in [-0.4, -0.2) is 21.8 Å². The lowest BCUT2D eigenvalue weighted by atomic mass is 10.1. The summed E-state index contributed by atoms with van der Waals surface area (Å²) in [6, 6.07) is 10.3. The molecule has 4 rings (SSSR count). The van der Waals surface area contributed by atoms with E-state index in [0.29, 0.717) is 19.0 Å². The first kappa shape index (κ1) is 15.1. The molecule has 1 aliphatic heterocycles. The van der Waals surface area contributed by atoms with Crippen molar-refractivity contribution in [2.24, 2.45) is 0 Å². The van der Waals surface area contributed by atoms with Crippen LogP contribution in [0.4, 0.5) is 0 Å². The Morgan fingerprint density at radius 3 is 3.00 bits per heavy atom. The Labute approximate surface area is 140 Å². The molecular formula is C18H20N4O2. The first-order valence-electron chi connectivity index (χ1n) is 8.19. The minimum Gasteiger partial charge on any atom is -0.447 e. The number of oxazole rings is 1. The van der Waals surface area contributed by atoms with Crippen LogP contribution in [0.1, 0.15) is 34.4 Å². The Balaban J connectivity index is 1.49. The summed E-state index contributed by atoms with van der Waals surface area (Å²) in [5, 5.41) is 11.1. The van der Waals surface area contributed by atoms with E-state index < -0.39 is 0 Å². The van der Waals surface area contributed by atoms with Gasteiger partial charge >= 0.3 is 0 Å². The Kier molecular flexibility index (Phi) is 4.40. The monoisotopic (exact) mass is 324 g/mol. The summed E-state index contributed by atoms with van der Waals surface area (Å²) in [6.45, 7) is 2.04. The topological polar surface area (TPSA) is 76.0 Å². The van der Waals surface area contributed by atoms with Crippen LogP contribution >= 0.6 is 0 Å². The van der Waals surface area contributed by atoms with Crippen molar-refractivity contribution in [2.45, 2.75) is 32.0 Å². The molecule has 0 saturated carbocycles. The zero-order valence-corrected chi connectivity index (χ0v) is 13.4. The summed E-state index contributed by atoms with van der Waals surface area (Å²) in [6.07, 6.45) is 5.00. The van der Waals surface area contributed by atoms with E-state index in [0.717, 1.165) is 25.1 Å². The fraction of sp³-hybridized carbons (Fsp3) is 0.333. The molecule has 0 amide bonds. The first-order valence-corrected chi connectivity index (χ1v) is 8.19. The van der Waals surface area contributed by atoms with Crippen LogP contribution in [0.15, 0.2) is 47.2 Å². The minimum atomic E-state index is -0.000686. The maximum atomic E-state index is 5.55. The smallest absolute Gasteiger partial charge is 0.211 e. The predicted octanol–water partition coefficient (Wildman–Crippen LogP) is 2.54. The molecule has 2 N–H and O–H groups in total. The maximum absolute atomic E-state index is 5.55. The van der Waals surface area contributed by atoms with Gasteiger partial charge in [-0.25, -0.2) is 4.98 Å². The molecule has 0 fully saturated rings. The number of hydrogen-bond donors (Lipinski definition) is 2. The fourth-order valence-electron chi connectivity index (χ4n) is 3.04. The summed E-state index contributed by atoms with van der Waals surface area (Å²) < 4.78 is 11.1. The highest BCUT2D eigenvalue weighted by Crippen LogP contribution is 2.21. The van der Waals surface area contributed by atoms with Crippen LogP contribution in [0.3, 0.4) is 0 Å². The van der Waals surface area contributed by atoms with Crippen molar-refractivity contribution in [3.63, 3.8) is 0 Å². The van der Waals surface area contributed by atoms with Gasteiger partial charge in [-0.05, 0) is 12.0 Å². The largest absolute Gasteiger partial charge is 0.447 e. The van der Waals surface area contributed by atoms with Crippen LogP contribution < -0.4 is 5.32 Å². The number of H-pyrrole nitrogens is 1. The number of benzene rings is 1. The van der Waals surface area contributed by atoms with Gasteiger partial charge in [-0.15, -0.1) is 0 Å². The number of hydrogen-bond acceptors (Lipinski definition) is 5. The number of aromatic amines is 1. The number of ether oxygens (including phenoxy) is 1. The van der Waals surface area contributed by atoms with E-state index in [1.165, 1.54) is 16.8 Å². The molecule has 3 heterocycles. The second-order valence-corrected chi connectivity index (χ2v) is 5.92. The Bertz CT molecular complexity index is 768. The average Bonchev–Trinajstić information content (AvgIpc) is 3.30. The van der Waals surface area contributed by atoms with E-state index in [2.05, 4.69) is 32.6 Å². The van der Waals surface area contributed by atoms with Crippen molar-refractivity contribution in [3.8, 4) is 0 Å². The van der Waals surface area contributed by atoms with E-state index in [1.807, 2.05) is 18.2 Å². The lowest BCUT2D eigenvalue weighted by molar-refractivity contribution is 0.109. The highest BCUT2D eigenvalue weighted by molar-refractivity contribution is 5.26. The quantitative estimate of drug-likeness (QED) is 0.729. The van der Waals surface area contributed by atoms with Gasteiger partial charge in [0.15, 0.2) is 0 Å². The summed E-state index contributed by atoms with van der Waals surface area (Å²) in [7, 11) is 0. The molecule has 3 aromatic rings. The van der Waals surface area contributed by atoms with E-state index in [1.54, 1.807) is 12.5 Å². The standard InChI is InChI=1S/C18H20N4O2/c1-2-4-13(5-3-1)10-16(18-19-7-9-24-18)20-11-17-14-12-23-8-6-15(14)21-22-17/h1-5,7,9,16,20H,6,8,10-12H2,(H,21,22).